The molecule has 1 atom stereocenters. The lowest BCUT2D eigenvalue weighted by molar-refractivity contribution is 0.0141. The number of nitrogens with zero attached hydrogens (tertiary/aromatic N) is 2. The quantitative estimate of drug-likeness (QED) is 0.891. The molecule has 3 rings (SSSR count). The van der Waals surface area contributed by atoms with Gasteiger partial charge in [0.2, 0.25) is 0 Å². The number of rotatable bonds is 5. The molecule has 1 aromatic heterocycles. The van der Waals surface area contributed by atoms with E-state index in [0.29, 0.717) is 11.8 Å². The van der Waals surface area contributed by atoms with Crippen LogP contribution in [0.5, 0.6) is 0 Å². The zero-order valence-electron chi connectivity index (χ0n) is 12.7. The lowest BCUT2D eigenvalue weighted by Crippen LogP contribution is -2.49. The molecular formula is C16H26N2O3. The number of hydrogen-bond donors (Lipinski definition) is 1. The predicted molar refractivity (Wildman–Crippen MR) is 79.9 cm³/mol. The minimum Gasteiger partial charge on any atom is -0.462 e. The van der Waals surface area contributed by atoms with Crippen LogP contribution in [0.25, 0.3) is 0 Å². The Hall–Kier alpha value is -0.880. The van der Waals surface area contributed by atoms with Crippen molar-refractivity contribution in [1.29, 1.82) is 0 Å². The fourth-order valence-corrected chi connectivity index (χ4v) is 3.35. The highest BCUT2D eigenvalue weighted by Gasteiger charge is 2.26. The van der Waals surface area contributed by atoms with E-state index in [9.17, 15) is 0 Å². The van der Waals surface area contributed by atoms with Crippen LogP contribution in [0, 0.1) is 0 Å². The minimum atomic E-state index is -0.0167. The summed E-state index contributed by atoms with van der Waals surface area (Å²) in [6.45, 7) is 6.96. The number of likely N-dealkylation sites (tertiary alicyclic amines) is 1. The van der Waals surface area contributed by atoms with Crippen molar-refractivity contribution < 1.29 is 14.3 Å². The van der Waals surface area contributed by atoms with E-state index in [-0.39, 0.29) is 6.61 Å². The van der Waals surface area contributed by atoms with Crippen LogP contribution in [-0.4, -0.2) is 60.3 Å². The molecular weight excluding hydrogens is 268 g/mol. The van der Waals surface area contributed by atoms with Gasteiger partial charge in [0, 0.05) is 25.7 Å². The molecule has 0 aromatic carbocycles. The molecule has 2 fully saturated rings. The van der Waals surface area contributed by atoms with Crippen molar-refractivity contribution in [1.82, 2.24) is 9.80 Å². The first-order valence-electron chi connectivity index (χ1n) is 8.08. The highest BCUT2D eigenvalue weighted by atomic mass is 16.5. The third-order valence-electron chi connectivity index (χ3n) is 4.55. The average Bonchev–Trinajstić information content (AvgIpc) is 2.98. The molecule has 2 aliphatic heterocycles. The van der Waals surface area contributed by atoms with E-state index in [4.69, 9.17) is 14.3 Å². The normalized spacial score (nSPS) is 25.3. The molecule has 118 valence electrons. The number of ether oxygens (including phenoxy) is 1. The van der Waals surface area contributed by atoms with Crippen molar-refractivity contribution in [2.45, 2.75) is 38.5 Å². The van der Waals surface area contributed by atoms with Gasteiger partial charge in [0.15, 0.2) is 0 Å². The predicted octanol–water partition coefficient (Wildman–Crippen LogP) is 1.46. The Bertz CT molecular complexity index is 429. The standard InChI is InChI=1S/C16H26N2O3/c19-13-16-5-4-15(21-16)12-18-6-2-1-3-14(18)11-17-7-9-20-10-8-17/h4-5,14,19H,1-3,6-13H2/t14-/m1/s1. The Labute approximate surface area is 126 Å². The highest BCUT2D eigenvalue weighted by Crippen LogP contribution is 2.22. The molecule has 0 spiro atoms. The van der Waals surface area contributed by atoms with E-state index in [0.717, 1.165) is 51.7 Å². The first kappa shape index (κ1) is 15.0. The second-order valence-electron chi connectivity index (χ2n) is 6.06. The van der Waals surface area contributed by atoms with Crippen LogP contribution in [0.15, 0.2) is 16.5 Å². The summed E-state index contributed by atoms with van der Waals surface area (Å²) in [4.78, 5) is 5.06. The monoisotopic (exact) mass is 294 g/mol. The Morgan fingerprint density at radius 3 is 2.67 bits per heavy atom. The van der Waals surface area contributed by atoms with Gasteiger partial charge in [-0.25, -0.2) is 0 Å². The molecule has 21 heavy (non-hydrogen) atoms. The Morgan fingerprint density at radius 1 is 1.10 bits per heavy atom. The molecule has 0 radical (unpaired) electrons. The molecule has 1 aromatic rings. The maximum Gasteiger partial charge on any atom is 0.129 e. The summed E-state index contributed by atoms with van der Waals surface area (Å²) in [5, 5.41) is 9.10. The molecule has 1 N–H and O–H groups in total. The van der Waals surface area contributed by atoms with Crippen LogP contribution in [-0.2, 0) is 17.9 Å². The maximum absolute atomic E-state index is 9.10. The summed E-state index contributed by atoms with van der Waals surface area (Å²) in [5.74, 6) is 1.62. The van der Waals surface area contributed by atoms with Crippen LogP contribution >= 0.6 is 0 Å². The highest BCUT2D eigenvalue weighted by molar-refractivity contribution is 5.06. The fourth-order valence-electron chi connectivity index (χ4n) is 3.35. The second kappa shape index (κ2) is 7.40. The SMILES string of the molecule is OCc1ccc(CN2CCCC[C@@H]2CN2CCOCC2)o1. The topological polar surface area (TPSA) is 49.1 Å². The maximum atomic E-state index is 9.10. The summed E-state index contributed by atoms with van der Waals surface area (Å²) in [7, 11) is 0. The third-order valence-corrected chi connectivity index (χ3v) is 4.55. The van der Waals surface area contributed by atoms with Crippen LogP contribution < -0.4 is 0 Å². The molecule has 0 amide bonds. The van der Waals surface area contributed by atoms with E-state index in [2.05, 4.69) is 9.80 Å². The zero-order valence-corrected chi connectivity index (χ0v) is 12.7. The molecule has 5 nitrogen and oxygen atoms in total. The molecule has 2 aliphatic rings. The summed E-state index contributed by atoms with van der Waals surface area (Å²) in [6.07, 6.45) is 3.86. The lowest BCUT2D eigenvalue weighted by atomic mass is 10.0. The molecule has 0 bridgehead atoms. The number of hydrogen-bond acceptors (Lipinski definition) is 5. The number of furan rings is 1. The first-order chi connectivity index (χ1) is 10.3. The smallest absolute Gasteiger partial charge is 0.129 e. The van der Waals surface area contributed by atoms with Gasteiger partial charge in [-0.05, 0) is 31.5 Å². The summed E-state index contributed by atoms with van der Waals surface area (Å²) >= 11 is 0. The number of aliphatic hydroxyl groups is 1. The number of piperidine rings is 1. The average molecular weight is 294 g/mol. The van der Waals surface area contributed by atoms with Gasteiger partial charge in [-0.1, -0.05) is 6.42 Å². The second-order valence-corrected chi connectivity index (χ2v) is 6.06. The Kier molecular flexibility index (Phi) is 5.30. The zero-order chi connectivity index (χ0) is 14.5. The van der Waals surface area contributed by atoms with E-state index in [1.54, 1.807) is 0 Å². The molecule has 0 unspecified atom stereocenters. The van der Waals surface area contributed by atoms with Gasteiger partial charge in [-0.2, -0.15) is 0 Å². The van der Waals surface area contributed by atoms with Crippen molar-refractivity contribution in [2.24, 2.45) is 0 Å². The van der Waals surface area contributed by atoms with E-state index >= 15 is 0 Å². The third kappa shape index (κ3) is 4.07. The number of morpholine rings is 1. The number of aliphatic hydroxyl groups excluding tert-OH is 1. The molecule has 5 heteroatoms. The van der Waals surface area contributed by atoms with E-state index < -0.39 is 0 Å². The first-order valence-corrected chi connectivity index (χ1v) is 8.08. The van der Waals surface area contributed by atoms with Gasteiger partial charge in [0.05, 0.1) is 19.8 Å². The Balaban J connectivity index is 1.57. The van der Waals surface area contributed by atoms with Crippen LogP contribution in [0.4, 0.5) is 0 Å². The van der Waals surface area contributed by atoms with Crippen molar-refractivity contribution in [3.63, 3.8) is 0 Å². The fraction of sp³-hybridized carbons (Fsp3) is 0.750. The van der Waals surface area contributed by atoms with E-state index in [1.165, 1.54) is 19.3 Å². The van der Waals surface area contributed by atoms with Gasteiger partial charge < -0.3 is 14.3 Å². The summed E-state index contributed by atoms with van der Waals surface area (Å²) < 4.78 is 11.1. The van der Waals surface area contributed by atoms with Crippen molar-refractivity contribution >= 4 is 0 Å². The van der Waals surface area contributed by atoms with Crippen LogP contribution in [0.2, 0.25) is 0 Å². The van der Waals surface area contributed by atoms with Crippen molar-refractivity contribution in [3.8, 4) is 0 Å². The lowest BCUT2D eigenvalue weighted by Gasteiger charge is -2.39. The molecule has 3 heterocycles. The van der Waals surface area contributed by atoms with Gasteiger partial charge in [-0.15, -0.1) is 0 Å². The van der Waals surface area contributed by atoms with Gasteiger partial charge in [0.25, 0.3) is 0 Å². The van der Waals surface area contributed by atoms with Crippen LogP contribution in [0.1, 0.15) is 30.8 Å². The molecule has 0 aliphatic carbocycles. The Morgan fingerprint density at radius 2 is 1.90 bits per heavy atom. The van der Waals surface area contributed by atoms with Crippen molar-refractivity contribution in [2.75, 3.05) is 39.4 Å². The molecule has 0 saturated carbocycles. The summed E-state index contributed by atoms with van der Waals surface area (Å²) in [5.41, 5.74) is 0. The van der Waals surface area contributed by atoms with Gasteiger partial charge >= 0.3 is 0 Å². The minimum absolute atomic E-state index is 0.0167. The van der Waals surface area contributed by atoms with E-state index in [1.807, 2.05) is 12.1 Å². The molecule has 2 saturated heterocycles. The van der Waals surface area contributed by atoms with Gasteiger partial charge in [0.1, 0.15) is 18.1 Å². The largest absolute Gasteiger partial charge is 0.462 e. The van der Waals surface area contributed by atoms with Gasteiger partial charge in [-0.3, -0.25) is 9.80 Å². The van der Waals surface area contributed by atoms with Crippen molar-refractivity contribution in [3.05, 3.63) is 23.7 Å². The summed E-state index contributed by atoms with van der Waals surface area (Å²) in [6, 6.07) is 4.47. The van der Waals surface area contributed by atoms with Crippen LogP contribution in [0.3, 0.4) is 0 Å².